The predicted octanol–water partition coefficient (Wildman–Crippen LogP) is 0.857. The fraction of sp³-hybridized carbons (Fsp3) is 0.520. The SMILES string of the molecule is Cc1ccc(OS(=O)NC(CNC(=O)c2cc3n(n2)CCCN(CCC2CCNCC2)C3=O)C(=O)O)cc1. The Labute approximate surface area is 223 Å². The van der Waals surface area contributed by atoms with Gasteiger partial charge in [0.25, 0.3) is 23.1 Å². The van der Waals surface area contributed by atoms with Gasteiger partial charge in [0.05, 0.1) is 0 Å². The molecule has 0 spiro atoms. The number of nitrogens with zero attached hydrogens (tertiary/aromatic N) is 3. The van der Waals surface area contributed by atoms with E-state index in [1.165, 1.54) is 6.07 Å². The molecule has 206 valence electrons. The van der Waals surface area contributed by atoms with Crippen molar-refractivity contribution < 1.29 is 27.9 Å². The Morgan fingerprint density at radius 2 is 1.97 bits per heavy atom. The number of amides is 2. The number of carboxylic acids is 1. The number of aryl methyl sites for hydroxylation is 2. The first-order valence-electron chi connectivity index (χ1n) is 12.8. The summed E-state index contributed by atoms with van der Waals surface area (Å²) >= 11 is -2.15. The maximum absolute atomic E-state index is 13.2. The lowest BCUT2D eigenvalue weighted by Gasteiger charge is -2.26. The number of piperidine rings is 1. The van der Waals surface area contributed by atoms with Crippen molar-refractivity contribution in [2.75, 3.05) is 32.7 Å². The third-order valence-corrected chi connectivity index (χ3v) is 7.60. The van der Waals surface area contributed by atoms with E-state index in [0.29, 0.717) is 37.0 Å². The number of carbonyl (C=O) groups excluding carboxylic acids is 2. The highest BCUT2D eigenvalue weighted by Gasteiger charge is 2.28. The number of carbonyl (C=O) groups is 3. The lowest BCUT2D eigenvalue weighted by Crippen LogP contribution is -2.47. The minimum atomic E-state index is -2.15. The van der Waals surface area contributed by atoms with Gasteiger partial charge in [0.2, 0.25) is 0 Å². The van der Waals surface area contributed by atoms with Crippen LogP contribution in [0.1, 0.15) is 52.2 Å². The number of hydrogen-bond donors (Lipinski definition) is 4. The van der Waals surface area contributed by atoms with E-state index in [4.69, 9.17) is 4.18 Å². The van der Waals surface area contributed by atoms with Gasteiger partial charge in [-0.25, -0.2) is 0 Å². The van der Waals surface area contributed by atoms with Crippen molar-refractivity contribution in [2.24, 2.45) is 5.92 Å². The molecule has 13 heteroatoms. The van der Waals surface area contributed by atoms with Gasteiger partial charge in [0, 0.05) is 32.2 Å². The molecule has 2 unspecified atom stereocenters. The molecule has 0 aliphatic carbocycles. The number of aromatic nitrogens is 2. The van der Waals surface area contributed by atoms with Gasteiger partial charge in [-0.3, -0.25) is 19.1 Å². The third kappa shape index (κ3) is 7.39. The van der Waals surface area contributed by atoms with E-state index in [9.17, 15) is 23.7 Å². The van der Waals surface area contributed by atoms with E-state index in [1.54, 1.807) is 28.9 Å². The second kappa shape index (κ2) is 13.0. The van der Waals surface area contributed by atoms with Crippen molar-refractivity contribution >= 4 is 29.1 Å². The van der Waals surface area contributed by atoms with Crippen molar-refractivity contribution in [3.8, 4) is 5.75 Å². The molecule has 12 nitrogen and oxygen atoms in total. The Balaban J connectivity index is 1.32. The van der Waals surface area contributed by atoms with Crippen LogP contribution in [0.3, 0.4) is 0 Å². The Bertz CT molecular complexity index is 1160. The van der Waals surface area contributed by atoms with Crippen molar-refractivity contribution in [2.45, 2.75) is 45.2 Å². The highest BCUT2D eigenvalue weighted by atomic mass is 32.2. The molecule has 1 aromatic heterocycles. The number of fused-ring (bicyclic) bond motifs is 1. The van der Waals surface area contributed by atoms with Gasteiger partial charge in [-0.1, -0.05) is 17.7 Å². The zero-order valence-electron chi connectivity index (χ0n) is 21.4. The first-order chi connectivity index (χ1) is 18.3. The van der Waals surface area contributed by atoms with Gasteiger partial charge in [-0.2, -0.15) is 14.0 Å². The largest absolute Gasteiger partial charge is 0.480 e. The van der Waals surface area contributed by atoms with Crippen LogP contribution in [0.2, 0.25) is 0 Å². The fourth-order valence-corrected chi connectivity index (χ4v) is 5.30. The van der Waals surface area contributed by atoms with Crippen molar-refractivity contribution in [1.29, 1.82) is 0 Å². The van der Waals surface area contributed by atoms with Gasteiger partial charge >= 0.3 is 5.97 Å². The van der Waals surface area contributed by atoms with Crippen LogP contribution in [0.4, 0.5) is 0 Å². The molecule has 0 bridgehead atoms. The summed E-state index contributed by atoms with van der Waals surface area (Å²) in [5.41, 5.74) is 1.36. The average molecular weight is 547 g/mol. The summed E-state index contributed by atoms with van der Waals surface area (Å²) in [5, 5.41) is 19.6. The van der Waals surface area contributed by atoms with Gasteiger partial charge in [0.1, 0.15) is 17.5 Å². The predicted molar refractivity (Wildman–Crippen MR) is 140 cm³/mol. The van der Waals surface area contributed by atoms with Crippen LogP contribution >= 0.6 is 0 Å². The quantitative estimate of drug-likeness (QED) is 0.324. The molecule has 1 saturated heterocycles. The van der Waals surface area contributed by atoms with Crippen LogP contribution in [0.5, 0.6) is 5.75 Å². The molecule has 1 fully saturated rings. The lowest BCUT2D eigenvalue weighted by molar-refractivity contribution is -0.138. The maximum atomic E-state index is 13.2. The van der Waals surface area contributed by atoms with Crippen LogP contribution in [0, 0.1) is 12.8 Å². The van der Waals surface area contributed by atoms with Crippen molar-refractivity contribution in [3.63, 3.8) is 0 Å². The van der Waals surface area contributed by atoms with Gasteiger partial charge in [-0.15, -0.1) is 0 Å². The van der Waals surface area contributed by atoms with Gasteiger partial charge < -0.3 is 24.8 Å². The minimum Gasteiger partial charge on any atom is -0.480 e. The second-order valence-corrected chi connectivity index (χ2v) is 10.5. The number of nitrogens with one attached hydrogen (secondary N) is 3. The van der Waals surface area contributed by atoms with E-state index in [-0.39, 0.29) is 18.1 Å². The topological polar surface area (TPSA) is 155 Å². The average Bonchev–Trinajstić information content (AvgIpc) is 3.28. The summed E-state index contributed by atoms with van der Waals surface area (Å²) in [6.45, 7) is 5.37. The number of hydrogen-bond acceptors (Lipinski definition) is 7. The molecule has 0 radical (unpaired) electrons. The molecular formula is C25H34N6O6S. The third-order valence-electron chi connectivity index (χ3n) is 6.78. The molecule has 2 atom stereocenters. The van der Waals surface area contributed by atoms with E-state index >= 15 is 0 Å². The number of rotatable bonds is 11. The molecule has 2 aromatic rings. The highest BCUT2D eigenvalue weighted by molar-refractivity contribution is 7.78. The van der Waals surface area contributed by atoms with Crippen LogP contribution in [-0.4, -0.2) is 80.5 Å². The molecule has 38 heavy (non-hydrogen) atoms. The lowest BCUT2D eigenvalue weighted by atomic mass is 9.94. The van der Waals surface area contributed by atoms with E-state index in [1.807, 2.05) is 11.8 Å². The summed E-state index contributed by atoms with van der Waals surface area (Å²) < 4.78 is 21.4. The minimum absolute atomic E-state index is 0.0229. The van der Waals surface area contributed by atoms with Gasteiger partial charge in [0.15, 0.2) is 5.69 Å². The zero-order chi connectivity index (χ0) is 27.1. The fourth-order valence-electron chi connectivity index (χ4n) is 4.55. The van der Waals surface area contributed by atoms with E-state index in [2.05, 4.69) is 20.5 Å². The zero-order valence-corrected chi connectivity index (χ0v) is 22.2. The molecule has 1 aromatic carbocycles. The molecule has 2 aliphatic heterocycles. The highest BCUT2D eigenvalue weighted by Crippen LogP contribution is 2.19. The van der Waals surface area contributed by atoms with Crippen LogP contribution in [0.15, 0.2) is 30.3 Å². The van der Waals surface area contributed by atoms with Gasteiger partial charge in [-0.05, 0) is 63.7 Å². The Hall–Kier alpha value is -3.29. The molecule has 4 rings (SSSR count). The summed E-state index contributed by atoms with van der Waals surface area (Å²) in [6.07, 6.45) is 3.91. The number of aliphatic carboxylic acids is 1. The van der Waals surface area contributed by atoms with E-state index < -0.39 is 29.2 Å². The van der Waals surface area contributed by atoms with Crippen LogP contribution in [0.25, 0.3) is 0 Å². The van der Waals surface area contributed by atoms with Crippen LogP contribution in [-0.2, 0) is 22.6 Å². The second-order valence-electron chi connectivity index (χ2n) is 9.62. The van der Waals surface area contributed by atoms with Crippen molar-refractivity contribution in [3.05, 3.63) is 47.3 Å². The molecular weight excluding hydrogens is 512 g/mol. The monoisotopic (exact) mass is 546 g/mol. The first-order valence-corrected chi connectivity index (χ1v) is 13.9. The van der Waals surface area contributed by atoms with Crippen molar-refractivity contribution in [1.82, 2.24) is 30.0 Å². The normalized spacial score (nSPS) is 17.8. The Morgan fingerprint density at radius 1 is 1.24 bits per heavy atom. The smallest absolute Gasteiger partial charge is 0.323 e. The summed E-state index contributed by atoms with van der Waals surface area (Å²) in [5.74, 6) is -1.18. The number of benzene rings is 1. The molecule has 2 aliphatic rings. The maximum Gasteiger partial charge on any atom is 0.323 e. The number of carboxylic acid groups (broad SMARTS) is 1. The molecule has 2 amide bonds. The summed E-state index contributed by atoms with van der Waals surface area (Å²) in [4.78, 5) is 39.4. The first kappa shape index (κ1) is 27.7. The Morgan fingerprint density at radius 3 is 2.68 bits per heavy atom. The molecule has 0 saturated carbocycles. The standard InChI is InChI=1S/C25H34N6O6S/c1-17-3-5-19(6-4-17)37-38(36)29-21(25(34)35)16-27-23(32)20-15-22-24(33)30(12-2-13-31(22)28-20)14-9-18-7-10-26-11-8-18/h3-6,15,18,21,26,29H,2,7-14,16H2,1H3,(H,27,32)(H,34,35). The summed E-state index contributed by atoms with van der Waals surface area (Å²) in [6, 6.07) is 6.84. The molecule has 4 N–H and O–H groups in total. The van der Waals surface area contributed by atoms with Crippen LogP contribution < -0.4 is 19.5 Å². The Kier molecular flexibility index (Phi) is 9.48. The van der Waals surface area contributed by atoms with E-state index in [0.717, 1.165) is 44.3 Å². The molecule has 3 heterocycles. The summed E-state index contributed by atoms with van der Waals surface area (Å²) in [7, 11) is 0.